The Morgan fingerprint density at radius 2 is 1.95 bits per heavy atom. The molecule has 8 nitrogen and oxygen atoms in total. The molecule has 37 heavy (non-hydrogen) atoms. The number of benzene rings is 1. The van der Waals surface area contributed by atoms with E-state index >= 15 is 0 Å². The third-order valence-electron chi connectivity index (χ3n) is 7.30. The van der Waals surface area contributed by atoms with Crippen LogP contribution in [0.5, 0.6) is 0 Å². The predicted octanol–water partition coefficient (Wildman–Crippen LogP) is 4.21. The van der Waals surface area contributed by atoms with Crippen molar-refractivity contribution in [2.75, 3.05) is 43.0 Å². The fourth-order valence-electron chi connectivity index (χ4n) is 5.20. The Kier molecular flexibility index (Phi) is 6.34. The van der Waals surface area contributed by atoms with Crippen molar-refractivity contribution in [2.24, 2.45) is 0 Å². The van der Waals surface area contributed by atoms with Crippen LogP contribution in [-0.2, 0) is 11.3 Å². The minimum Gasteiger partial charge on any atom is -0.355 e. The first-order chi connectivity index (χ1) is 18.0. The second-order valence-electron chi connectivity index (χ2n) is 9.90. The van der Waals surface area contributed by atoms with Crippen molar-refractivity contribution in [3.05, 3.63) is 76.3 Å². The van der Waals surface area contributed by atoms with Crippen LogP contribution < -0.4 is 15.1 Å². The average molecular weight is 514 g/mol. The molecule has 3 aliphatic rings. The summed E-state index contributed by atoms with van der Waals surface area (Å²) in [4.78, 5) is 35.6. The highest BCUT2D eigenvalue weighted by atomic mass is 32.2. The Morgan fingerprint density at radius 3 is 2.78 bits per heavy atom. The first kappa shape index (κ1) is 23.9. The molecule has 1 aromatic carbocycles. The van der Waals surface area contributed by atoms with Crippen molar-refractivity contribution in [1.29, 1.82) is 0 Å². The van der Waals surface area contributed by atoms with Crippen LogP contribution in [0.2, 0.25) is 0 Å². The molecule has 5 heterocycles. The molecule has 1 atom stereocenters. The zero-order valence-corrected chi connectivity index (χ0v) is 22.3. The Labute approximate surface area is 221 Å². The van der Waals surface area contributed by atoms with Crippen LogP contribution in [-0.4, -0.2) is 59.0 Å². The number of nitrogens with one attached hydrogen (secondary N) is 1. The molecule has 1 unspecified atom stereocenters. The Balaban J connectivity index is 1.36. The SMILES string of the molecule is Cc1cnc(CNC(=O)C2=C3Sc4ccccc4N3c3nc(N4CCCN(C)CC4)ccc3C2C)cn1. The molecule has 0 saturated carbocycles. The first-order valence-electron chi connectivity index (χ1n) is 12.8. The molecule has 6 rings (SSSR count). The quantitative estimate of drug-likeness (QED) is 0.556. The first-order valence-corrected chi connectivity index (χ1v) is 13.6. The summed E-state index contributed by atoms with van der Waals surface area (Å²) in [6.07, 6.45) is 4.56. The highest BCUT2D eigenvalue weighted by Gasteiger charge is 2.40. The normalized spacial score (nSPS) is 19.3. The average Bonchev–Trinajstić information content (AvgIpc) is 3.15. The van der Waals surface area contributed by atoms with Crippen molar-refractivity contribution >= 4 is 35.0 Å². The lowest BCUT2D eigenvalue weighted by Crippen LogP contribution is -2.34. The minimum absolute atomic E-state index is 0.0829. The number of pyridine rings is 1. The number of anilines is 3. The van der Waals surface area contributed by atoms with Crippen molar-refractivity contribution in [1.82, 2.24) is 25.2 Å². The van der Waals surface area contributed by atoms with E-state index in [1.165, 1.54) is 0 Å². The molecule has 0 aliphatic carbocycles. The van der Waals surface area contributed by atoms with E-state index in [1.807, 2.05) is 19.1 Å². The summed E-state index contributed by atoms with van der Waals surface area (Å²) in [5.41, 5.74) is 4.50. The molecule has 190 valence electrons. The van der Waals surface area contributed by atoms with Gasteiger partial charge in [0.05, 0.1) is 40.4 Å². The van der Waals surface area contributed by atoms with Crippen molar-refractivity contribution in [3.8, 4) is 0 Å². The topological polar surface area (TPSA) is 77.5 Å². The van der Waals surface area contributed by atoms with Gasteiger partial charge in [-0.3, -0.25) is 19.7 Å². The van der Waals surface area contributed by atoms with Crippen molar-refractivity contribution in [3.63, 3.8) is 0 Å². The maximum atomic E-state index is 13.6. The molecule has 1 fully saturated rings. The van der Waals surface area contributed by atoms with E-state index < -0.39 is 0 Å². The summed E-state index contributed by atoms with van der Waals surface area (Å²) >= 11 is 1.65. The minimum atomic E-state index is -0.0935. The van der Waals surface area contributed by atoms with Crippen LogP contribution >= 0.6 is 11.8 Å². The predicted molar refractivity (Wildman–Crippen MR) is 147 cm³/mol. The summed E-state index contributed by atoms with van der Waals surface area (Å²) in [6, 6.07) is 12.6. The zero-order valence-electron chi connectivity index (χ0n) is 21.4. The lowest BCUT2D eigenvalue weighted by atomic mass is 9.89. The van der Waals surface area contributed by atoms with E-state index in [1.54, 1.807) is 24.2 Å². The molecule has 1 amide bonds. The molecular weight excluding hydrogens is 482 g/mol. The molecule has 0 bridgehead atoms. The lowest BCUT2D eigenvalue weighted by molar-refractivity contribution is -0.118. The highest BCUT2D eigenvalue weighted by Crippen LogP contribution is 2.56. The van der Waals surface area contributed by atoms with E-state index in [0.29, 0.717) is 6.54 Å². The van der Waals surface area contributed by atoms with E-state index in [-0.39, 0.29) is 11.8 Å². The van der Waals surface area contributed by atoms with Gasteiger partial charge in [0.25, 0.3) is 5.91 Å². The Hall–Kier alpha value is -3.43. The number of para-hydroxylation sites is 1. The fourth-order valence-corrected chi connectivity index (χ4v) is 6.48. The zero-order chi connectivity index (χ0) is 25.5. The highest BCUT2D eigenvalue weighted by molar-refractivity contribution is 8.03. The number of rotatable bonds is 4. The standard InChI is InChI=1S/C28H31N7OS/c1-18-15-30-20(16-29-18)17-31-27(36)25-19(2)21-9-10-24(34-12-6-11-33(3)13-14-34)32-26(21)35-22-7-4-5-8-23(22)37-28(25)35/h4-5,7-10,15-16,19H,6,11-14,17H2,1-3H3,(H,31,36). The summed E-state index contributed by atoms with van der Waals surface area (Å²) in [5.74, 6) is 1.75. The van der Waals surface area contributed by atoms with Crippen LogP contribution in [0, 0.1) is 6.92 Å². The number of amides is 1. The Morgan fingerprint density at radius 1 is 1.08 bits per heavy atom. The van der Waals surface area contributed by atoms with E-state index in [2.05, 4.69) is 68.2 Å². The molecule has 1 N–H and O–H groups in total. The summed E-state index contributed by atoms with van der Waals surface area (Å²) in [6.45, 7) is 8.43. The number of fused-ring (bicyclic) bond motifs is 5. The number of likely N-dealkylation sites (N-methyl/N-ethyl adjacent to an activating group) is 1. The van der Waals surface area contributed by atoms with Crippen LogP contribution in [0.3, 0.4) is 0 Å². The van der Waals surface area contributed by atoms with Gasteiger partial charge in [0, 0.05) is 42.2 Å². The van der Waals surface area contributed by atoms with Gasteiger partial charge >= 0.3 is 0 Å². The van der Waals surface area contributed by atoms with E-state index in [0.717, 1.165) is 82.4 Å². The van der Waals surface area contributed by atoms with Crippen LogP contribution in [0.25, 0.3) is 0 Å². The maximum Gasteiger partial charge on any atom is 0.250 e. The van der Waals surface area contributed by atoms with E-state index in [4.69, 9.17) is 4.98 Å². The van der Waals surface area contributed by atoms with Gasteiger partial charge in [-0.05, 0) is 45.1 Å². The van der Waals surface area contributed by atoms with Crippen LogP contribution in [0.15, 0.2) is 64.3 Å². The number of hydrogen-bond acceptors (Lipinski definition) is 8. The molecular formula is C28H31N7OS. The van der Waals surface area contributed by atoms with Crippen LogP contribution in [0.1, 0.15) is 36.2 Å². The number of aromatic nitrogens is 3. The lowest BCUT2D eigenvalue weighted by Gasteiger charge is -2.34. The van der Waals surface area contributed by atoms with E-state index in [9.17, 15) is 4.79 Å². The summed E-state index contributed by atoms with van der Waals surface area (Å²) < 4.78 is 0. The third kappa shape index (κ3) is 4.46. The fraction of sp³-hybridized carbons (Fsp3) is 0.357. The number of hydrogen-bond donors (Lipinski definition) is 1. The molecule has 1 saturated heterocycles. The van der Waals surface area contributed by atoms with Crippen molar-refractivity contribution in [2.45, 2.75) is 37.6 Å². The number of carbonyl (C=O) groups excluding carboxylic acids is 1. The summed E-state index contributed by atoms with van der Waals surface area (Å²) in [5, 5.41) is 4.03. The number of carbonyl (C=O) groups is 1. The van der Waals surface area contributed by atoms with Gasteiger partial charge in [-0.25, -0.2) is 4.98 Å². The number of thioether (sulfide) groups is 1. The number of nitrogens with zero attached hydrogens (tertiary/aromatic N) is 6. The second-order valence-corrected chi connectivity index (χ2v) is 10.9. The van der Waals surface area contributed by atoms with Gasteiger partial charge in [0.1, 0.15) is 11.6 Å². The van der Waals surface area contributed by atoms with Gasteiger partial charge in [0.2, 0.25) is 0 Å². The van der Waals surface area contributed by atoms with Gasteiger partial charge in [-0.1, -0.05) is 36.9 Å². The molecule has 0 spiro atoms. The van der Waals surface area contributed by atoms with Gasteiger partial charge < -0.3 is 15.1 Å². The molecule has 0 radical (unpaired) electrons. The van der Waals surface area contributed by atoms with Gasteiger partial charge in [-0.15, -0.1) is 0 Å². The summed E-state index contributed by atoms with van der Waals surface area (Å²) in [7, 11) is 2.18. The molecule has 9 heteroatoms. The van der Waals surface area contributed by atoms with Crippen molar-refractivity contribution < 1.29 is 4.79 Å². The Bertz CT molecular complexity index is 1370. The van der Waals surface area contributed by atoms with Crippen LogP contribution in [0.4, 0.5) is 17.3 Å². The second kappa shape index (κ2) is 9.79. The smallest absolute Gasteiger partial charge is 0.250 e. The molecule has 2 aromatic heterocycles. The molecule has 3 aliphatic heterocycles. The van der Waals surface area contributed by atoms with Gasteiger partial charge in [-0.2, -0.15) is 0 Å². The number of aryl methyl sites for hydroxylation is 1. The molecule has 3 aromatic rings. The monoisotopic (exact) mass is 513 g/mol. The largest absolute Gasteiger partial charge is 0.355 e. The maximum absolute atomic E-state index is 13.6. The van der Waals surface area contributed by atoms with Gasteiger partial charge in [0.15, 0.2) is 0 Å². The third-order valence-corrected chi connectivity index (χ3v) is 8.46.